The average molecular weight is 361 g/mol. The normalized spacial score (nSPS) is 14.7. The SMILES string of the molecule is CCOC(=O)N1CCC(NC(=O)CNC(=O)c2ccc(C)c(C)c2)CC1. The van der Waals surface area contributed by atoms with Gasteiger partial charge in [-0.1, -0.05) is 6.07 Å². The molecule has 142 valence electrons. The number of likely N-dealkylation sites (tertiary alicyclic amines) is 1. The van der Waals surface area contributed by atoms with E-state index in [4.69, 9.17) is 4.74 Å². The van der Waals surface area contributed by atoms with Crippen molar-refractivity contribution in [2.75, 3.05) is 26.2 Å². The van der Waals surface area contributed by atoms with E-state index < -0.39 is 0 Å². The Kier molecular flexibility index (Phi) is 7.00. The smallest absolute Gasteiger partial charge is 0.409 e. The molecule has 1 heterocycles. The van der Waals surface area contributed by atoms with Gasteiger partial charge in [0.2, 0.25) is 5.91 Å². The highest BCUT2D eigenvalue weighted by molar-refractivity contribution is 5.96. The zero-order valence-corrected chi connectivity index (χ0v) is 15.6. The van der Waals surface area contributed by atoms with Gasteiger partial charge in [-0.25, -0.2) is 4.79 Å². The van der Waals surface area contributed by atoms with E-state index in [-0.39, 0.29) is 30.5 Å². The molecule has 1 saturated heterocycles. The van der Waals surface area contributed by atoms with E-state index >= 15 is 0 Å². The topological polar surface area (TPSA) is 87.7 Å². The van der Waals surface area contributed by atoms with Gasteiger partial charge >= 0.3 is 6.09 Å². The van der Waals surface area contributed by atoms with Crippen LogP contribution in [0.15, 0.2) is 18.2 Å². The Labute approximate surface area is 154 Å². The molecule has 7 heteroatoms. The van der Waals surface area contributed by atoms with Crippen LogP contribution in [0.3, 0.4) is 0 Å². The largest absolute Gasteiger partial charge is 0.450 e. The fraction of sp³-hybridized carbons (Fsp3) is 0.526. The summed E-state index contributed by atoms with van der Waals surface area (Å²) in [6, 6.07) is 5.46. The maximum atomic E-state index is 12.1. The van der Waals surface area contributed by atoms with Crippen LogP contribution in [-0.4, -0.2) is 55.1 Å². The quantitative estimate of drug-likeness (QED) is 0.837. The highest BCUT2D eigenvalue weighted by Gasteiger charge is 2.24. The summed E-state index contributed by atoms with van der Waals surface area (Å²) >= 11 is 0. The summed E-state index contributed by atoms with van der Waals surface area (Å²) in [7, 11) is 0. The highest BCUT2D eigenvalue weighted by Crippen LogP contribution is 2.12. The molecular formula is C19H27N3O4. The number of nitrogens with one attached hydrogen (secondary N) is 2. The lowest BCUT2D eigenvalue weighted by molar-refractivity contribution is -0.121. The number of piperidine rings is 1. The second kappa shape index (κ2) is 9.22. The lowest BCUT2D eigenvalue weighted by Gasteiger charge is -2.31. The Morgan fingerprint density at radius 1 is 1.15 bits per heavy atom. The van der Waals surface area contributed by atoms with Crippen LogP contribution in [0.4, 0.5) is 4.79 Å². The number of rotatable bonds is 5. The first-order valence-electron chi connectivity index (χ1n) is 8.97. The van der Waals surface area contributed by atoms with E-state index in [9.17, 15) is 14.4 Å². The predicted molar refractivity (Wildman–Crippen MR) is 98.0 cm³/mol. The van der Waals surface area contributed by atoms with Gasteiger partial charge in [0.1, 0.15) is 0 Å². The third-order valence-corrected chi connectivity index (χ3v) is 4.56. The standard InChI is InChI=1S/C19H27N3O4/c1-4-26-19(25)22-9-7-16(8-10-22)21-17(23)12-20-18(24)15-6-5-13(2)14(3)11-15/h5-6,11,16H,4,7-10,12H2,1-3H3,(H,20,24)(H,21,23). The molecule has 1 fully saturated rings. The third kappa shape index (κ3) is 5.47. The van der Waals surface area contributed by atoms with Crippen LogP contribution >= 0.6 is 0 Å². The van der Waals surface area contributed by atoms with Crippen molar-refractivity contribution in [1.82, 2.24) is 15.5 Å². The second-order valence-corrected chi connectivity index (χ2v) is 6.51. The van der Waals surface area contributed by atoms with E-state index in [2.05, 4.69) is 10.6 Å². The number of ether oxygens (including phenoxy) is 1. The summed E-state index contributed by atoms with van der Waals surface area (Å²) in [6.07, 6.45) is 1.05. The minimum absolute atomic E-state index is 0.00620. The zero-order valence-electron chi connectivity index (χ0n) is 15.6. The number of hydrogen-bond acceptors (Lipinski definition) is 4. The average Bonchev–Trinajstić information content (AvgIpc) is 2.62. The van der Waals surface area contributed by atoms with Crippen LogP contribution in [0, 0.1) is 13.8 Å². The molecule has 0 unspecified atom stereocenters. The van der Waals surface area contributed by atoms with Crippen molar-refractivity contribution in [3.63, 3.8) is 0 Å². The molecule has 1 aromatic rings. The molecule has 1 aliphatic heterocycles. The van der Waals surface area contributed by atoms with Gasteiger partial charge in [0.25, 0.3) is 5.91 Å². The summed E-state index contributed by atoms with van der Waals surface area (Å²) in [5, 5.41) is 5.55. The molecule has 3 amide bonds. The Morgan fingerprint density at radius 3 is 2.46 bits per heavy atom. The molecule has 2 N–H and O–H groups in total. The number of aryl methyl sites for hydroxylation is 2. The Hall–Kier alpha value is -2.57. The van der Waals surface area contributed by atoms with Crippen LogP contribution in [0.25, 0.3) is 0 Å². The van der Waals surface area contributed by atoms with Gasteiger partial charge in [0.05, 0.1) is 13.2 Å². The van der Waals surface area contributed by atoms with Crippen molar-refractivity contribution < 1.29 is 19.1 Å². The fourth-order valence-electron chi connectivity index (χ4n) is 2.85. The Balaban J connectivity index is 1.73. The third-order valence-electron chi connectivity index (χ3n) is 4.56. The molecule has 0 aromatic heterocycles. The van der Waals surface area contributed by atoms with Crippen molar-refractivity contribution in [3.05, 3.63) is 34.9 Å². The molecule has 26 heavy (non-hydrogen) atoms. The second-order valence-electron chi connectivity index (χ2n) is 6.51. The molecule has 7 nitrogen and oxygen atoms in total. The summed E-state index contributed by atoms with van der Waals surface area (Å²) in [6.45, 7) is 7.10. The van der Waals surface area contributed by atoms with Crippen LogP contribution in [0.5, 0.6) is 0 Å². The first kappa shape index (κ1) is 19.8. The molecule has 1 aliphatic rings. The molecule has 2 rings (SSSR count). The maximum Gasteiger partial charge on any atom is 0.409 e. The molecular weight excluding hydrogens is 334 g/mol. The highest BCUT2D eigenvalue weighted by atomic mass is 16.6. The van der Waals surface area contributed by atoms with Gasteiger partial charge in [-0.05, 0) is 56.9 Å². The molecule has 0 bridgehead atoms. The maximum absolute atomic E-state index is 12.1. The molecule has 0 radical (unpaired) electrons. The number of amides is 3. The van der Waals surface area contributed by atoms with Crippen molar-refractivity contribution in [2.24, 2.45) is 0 Å². The van der Waals surface area contributed by atoms with Crippen molar-refractivity contribution in [3.8, 4) is 0 Å². The summed E-state index contributed by atoms with van der Waals surface area (Å²) in [5.74, 6) is -0.489. The summed E-state index contributed by atoms with van der Waals surface area (Å²) < 4.78 is 4.97. The number of carbonyl (C=O) groups is 3. The van der Waals surface area contributed by atoms with Gasteiger partial charge in [-0.15, -0.1) is 0 Å². The van der Waals surface area contributed by atoms with Crippen molar-refractivity contribution in [1.29, 1.82) is 0 Å². The lowest BCUT2D eigenvalue weighted by Crippen LogP contribution is -2.48. The van der Waals surface area contributed by atoms with E-state index in [0.717, 1.165) is 11.1 Å². The summed E-state index contributed by atoms with van der Waals surface area (Å²) in [5.41, 5.74) is 2.70. The summed E-state index contributed by atoms with van der Waals surface area (Å²) in [4.78, 5) is 37.5. The van der Waals surface area contributed by atoms with Crippen molar-refractivity contribution >= 4 is 17.9 Å². The van der Waals surface area contributed by atoms with Crippen LogP contribution in [-0.2, 0) is 9.53 Å². The van der Waals surface area contributed by atoms with Gasteiger partial charge < -0.3 is 20.3 Å². The van der Waals surface area contributed by atoms with E-state index in [1.54, 1.807) is 17.9 Å². The number of nitrogens with zero attached hydrogens (tertiary/aromatic N) is 1. The van der Waals surface area contributed by atoms with Crippen LogP contribution in [0.1, 0.15) is 41.3 Å². The van der Waals surface area contributed by atoms with Crippen LogP contribution in [0.2, 0.25) is 0 Å². The van der Waals surface area contributed by atoms with E-state index in [1.807, 2.05) is 26.0 Å². The lowest BCUT2D eigenvalue weighted by atomic mass is 10.1. The first-order chi connectivity index (χ1) is 12.4. The van der Waals surface area contributed by atoms with Crippen molar-refractivity contribution in [2.45, 2.75) is 39.7 Å². The minimum Gasteiger partial charge on any atom is -0.450 e. The van der Waals surface area contributed by atoms with Crippen LogP contribution < -0.4 is 10.6 Å². The first-order valence-corrected chi connectivity index (χ1v) is 8.97. The Bertz CT molecular complexity index is 667. The molecule has 0 saturated carbocycles. The number of hydrogen-bond donors (Lipinski definition) is 2. The van der Waals surface area contributed by atoms with E-state index in [0.29, 0.717) is 38.1 Å². The fourth-order valence-corrected chi connectivity index (χ4v) is 2.85. The molecule has 0 atom stereocenters. The van der Waals surface area contributed by atoms with Gasteiger partial charge in [-0.2, -0.15) is 0 Å². The van der Waals surface area contributed by atoms with E-state index in [1.165, 1.54) is 0 Å². The number of carbonyl (C=O) groups excluding carboxylic acids is 3. The molecule has 1 aromatic carbocycles. The zero-order chi connectivity index (χ0) is 19.1. The molecule has 0 spiro atoms. The molecule has 0 aliphatic carbocycles. The minimum atomic E-state index is -0.307. The number of benzene rings is 1. The Morgan fingerprint density at radius 2 is 1.85 bits per heavy atom. The van der Waals surface area contributed by atoms with Gasteiger partial charge in [0.15, 0.2) is 0 Å². The predicted octanol–water partition coefficient (Wildman–Crippen LogP) is 1.77. The van der Waals surface area contributed by atoms with Gasteiger partial charge in [-0.3, -0.25) is 9.59 Å². The monoisotopic (exact) mass is 361 g/mol. The van der Waals surface area contributed by atoms with Gasteiger partial charge in [0, 0.05) is 24.7 Å².